The zero-order chi connectivity index (χ0) is 15.7. The van der Waals surface area contributed by atoms with Crippen molar-refractivity contribution in [2.75, 3.05) is 6.61 Å². The molecule has 0 radical (unpaired) electrons. The van der Waals surface area contributed by atoms with Gasteiger partial charge in [-0.15, -0.1) is 11.3 Å². The van der Waals surface area contributed by atoms with Crippen molar-refractivity contribution in [3.05, 3.63) is 21.6 Å². The van der Waals surface area contributed by atoms with Gasteiger partial charge in [0.2, 0.25) is 0 Å². The van der Waals surface area contributed by atoms with Crippen molar-refractivity contribution in [2.24, 2.45) is 4.99 Å². The summed E-state index contributed by atoms with van der Waals surface area (Å²) in [6, 6.07) is 2.01. The molecule has 2 heterocycles. The van der Waals surface area contributed by atoms with Crippen LogP contribution in [0.2, 0.25) is 0 Å². The van der Waals surface area contributed by atoms with Crippen molar-refractivity contribution in [1.82, 2.24) is 5.32 Å². The highest BCUT2D eigenvalue weighted by Gasteiger charge is 2.30. The summed E-state index contributed by atoms with van der Waals surface area (Å²) in [6.45, 7) is 3.82. The number of hydrogen-bond acceptors (Lipinski definition) is 6. The number of nitriles is 1. The van der Waals surface area contributed by atoms with Crippen LogP contribution in [0.4, 0.5) is 5.00 Å². The van der Waals surface area contributed by atoms with E-state index >= 15 is 0 Å². The Bertz CT molecular complexity index is 737. The van der Waals surface area contributed by atoms with Crippen LogP contribution in [0.1, 0.15) is 42.7 Å². The van der Waals surface area contributed by atoms with Gasteiger partial charge in [-0.05, 0) is 45.1 Å². The van der Waals surface area contributed by atoms with Crippen LogP contribution in [0.15, 0.2) is 10.6 Å². The highest BCUT2D eigenvalue weighted by Crippen LogP contribution is 2.45. The van der Waals surface area contributed by atoms with Crippen LogP contribution >= 0.6 is 11.3 Å². The number of esters is 1. The molecule has 3 rings (SSSR count). The number of amidine groups is 1. The molecule has 2 aliphatic rings. The van der Waals surface area contributed by atoms with Gasteiger partial charge in [-0.25, -0.2) is 9.79 Å². The number of aliphatic imine (C=N–C) groups is 1. The molecule has 0 bridgehead atoms. The van der Waals surface area contributed by atoms with Crippen LogP contribution in [-0.4, -0.2) is 18.4 Å². The molecule has 0 saturated carbocycles. The molecular formula is C16H17N3O2S. The standard InChI is InChI=1S/C16H17N3O2S/c1-3-21-16(20)11(8-17)14-13-10-6-4-5-7-12(10)22-15(13)19-9(2)18-14/h3-7H2,1-2H3,(H,18,19)/b14-11+. The van der Waals surface area contributed by atoms with Gasteiger partial charge < -0.3 is 10.1 Å². The van der Waals surface area contributed by atoms with E-state index in [1.165, 1.54) is 16.9 Å². The van der Waals surface area contributed by atoms with Crippen molar-refractivity contribution >= 4 is 33.8 Å². The van der Waals surface area contributed by atoms with Gasteiger partial charge in [0.1, 0.15) is 16.9 Å². The van der Waals surface area contributed by atoms with E-state index in [1.807, 2.05) is 13.0 Å². The molecule has 0 fully saturated rings. The molecule has 1 aromatic heterocycles. The minimum absolute atomic E-state index is 0.0310. The molecule has 1 aliphatic heterocycles. The SMILES string of the molecule is CCOC(=O)/C(C#N)=C1/NC(C)=Nc2sc3c(c21)CCCC3. The van der Waals surface area contributed by atoms with E-state index in [1.54, 1.807) is 18.3 Å². The van der Waals surface area contributed by atoms with Crippen molar-refractivity contribution < 1.29 is 9.53 Å². The monoisotopic (exact) mass is 315 g/mol. The molecule has 0 unspecified atom stereocenters. The number of aryl methyl sites for hydroxylation is 1. The molecule has 6 heteroatoms. The summed E-state index contributed by atoms with van der Waals surface area (Å²) in [5, 5.41) is 13.5. The number of thiophene rings is 1. The maximum absolute atomic E-state index is 12.1. The molecule has 0 spiro atoms. The Kier molecular flexibility index (Phi) is 3.99. The van der Waals surface area contributed by atoms with Gasteiger partial charge >= 0.3 is 5.97 Å². The lowest BCUT2D eigenvalue weighted by Gasteiger charge is -2.20. The first-order valence-corrected chi connectivity index (χ1v) is 8.26. The highest BCUT2D eigenvalue weighted by atomic mass is 32.1. The van der Waals surface area contributed by atoms with Crippen molar-refractivity contribution in [3.63, 3.8) is 0 Å². The summed E-state index contributed by atoms with van der Waals surface area (Å²) in [6.07, 6.45) is 4.34. The Balaban J connectivity index is 2.20. The Morgan fingerprint density at radius 2 is 2.23 bits per heavy atom. The number of carbonyl (C=O) groups excluding carboxylic acids is 1. The molecule has 5 nitrogen and oxygen atoms in total. The van der Waals surface area contributed by atoms with Gasteiger partial charge in [-0.2, -0.15) is 5.26 Å². The van der Waals surface area contributed by atoms with Crippen LogP contribution in [0, 0.1) is 11.3 Å². The predicted octanol–water partition coefficient (Wildman–Crippen LogP) is 3.08. The molecule has 114 valence electrons. The largest absolute Gasteiger partial charge is 0.462 e. The number of nitrogens with one attached hydrogen (secondary N) is 1. The first-order valence-electron chi connectivity index (χ1n) is 7.44. The summed E-state index contributed by atoms with van der Waals surface area (Å²) >= 11 is 1.68. The third-order valence-electron chi connectivity index (χ3n) is 3.82. The van der Waals surface area contributed by atoms with E-state index in [4.69, 9.17) is 4.74 Å². The van der Waals surface area contributed by atoms with Gasteiger partial charge in [-0.1, -0.05) is 0 Å². The number of fused-ring (bicyclic) bond motifs is 3. The molecule has 1 N–H and O–H groups in total. The van der Waals surface area contributed by atoms with Crippen molar-refractivity contribution in [1.29, 1.82) is 5.26 Å². The molecule has 0 amide bonds. The molecular weight excluding hydrogens is 298 g/mol. The number of ether oxygens (including phenoxy) is 1. The molecule has 1 aliphatic carbocycles. The first-order chi connectivity index (χ1) is 10.7. The molecule has 0 saturated heterocycles. The fourth-order valence-electron chi connectivity index (χ4n) is 2.91. The number of nitrogens with zero attached hydrogens (tertiary/aromatic N) is 2. The fourth-order valence-corrected chi connectivity index (χ4v) is 4.22. The van der Waals surface area contributed by atoms with Crippen LogP contribution in [0.3, 0.4) is 0 Å². The van der Waals surface area contributed by atoms with Crippen molar-refractivity contribution in [3.8, 4) is 6.07 Å². The quantitative estimate of drug-likeness (QED) is 0.517. The molecule has 0 aromatic carbocycles. The van der Waals surface area contributed by atoms with Gasteiger partial charge in [-0.3, -0.25) is 0 Å². The second-order valence-electron chi connectivity index (χ2n) is 5.30. The van der Waals surface area contributed by atoms with Crippen LogP contribution in [0.5, 0.6) is 0 Å². The van der Waals surface area contributed by atoms with E-state index in [2.05, 4.69) is 10.3 Å². The van der Waals surface area contributed by atoms with Gasteiger partial charge in [0.05, 0.1) is 12.3 Å². The lowest BCUT2D eigenvalue weighted by atomic mass is 9.92. The first kappa shape index (κ1) is 14.8. The minimum atomic E-state index is -0.580. The maximum atomic E-state index is 12.1. The number of carbonyl (C=O) groups is 1. The van der Waals surface area contributed by atoms with Gasteiger partial charge in [0, 0.05) is 10.4 Å². The zero-order valence-corrected chi connectivity index (χ0v) is 13.5. The smallest absolute Gasteiger partial charge is 0.351 e. The Morgan fingerprint density at radius 3 is 2.95 bits per heavy atom. The highest BCUT2D eigenvalue weighted by molar-refractivity contribution is 7.16. The Labute approximate surface area is 133 Å². The summed E-state index contributed by atoms with van der Waals surface area (Å²) in [5.41, 5.74) is 2.75. The lowest BCUT2D eigenvalue weighted by molar-refractivity contribution is -0.137. The van der Waals surface area contributed by atoms with E-state index in [0.717, 1.165) is 29.8 Å². The van der Waals surface area contributed by atoms with Crippen LogP contribution < -0.4 is 5.32 Å². The van der Waals surface area contributed by atoms with E-state index in [-0.39, 0.29) is 12.2 Å². The average molecular weight is 315 g/mol. The van der Waals surface area contributed by atoms with Crippen LogP contribution in [-0.2, 0) is 22.4 Å². The van der Waals surface area contributed by atoms with E-state index in [0.29, 0.717) is 11.5 Å². The van der Waals surface area contributed by atoms with E-state index in [9.17, 15) is 10.1 Å². The minimum Gasteiger partial charge on any atom is -0.462 e. The third-order valence-corrected chi connectivity index (χ3v) is 5.00. The molecule has 22 heavy (non-hydrogen) atoms. The summed E-state index contributed by atoms with van der Waals surface area (Å²) in [7, 11) is 0. The van der Waals surface area contributed by atoms with Crippen LogP contribution in [0.25, 0.3) is 5.70 Å². The third kappa shape index (κ3) is 2.42. The lowest BCUT2D eigenvalue weighted by Crippen LogP contribution is -2.25. The average Bonchev–Trinajstić information content (AvgIpc) is 2.86. The van der Waals surface area contributed by atoms with E-state index < -0.39 is 5.97 Å². The summed E-state index contributed by atoms with van der Waals surface area (Å²) in [5.74, 6) is 0.113. The summed E-state index contributed by atoms with van der Waals surface area (Å²) in [4.78, 5) is 18.0. The summed E-state index contributed by atoms with van der Waals surface area (Å²) < 4.78 is 5.02. The Hall–Kier alpha value is -2.13. The second-order valence-corrected chi connectivity index (χ2v) is 6.38. The maximum Gasteiger partial charge on any atom is 0.351 e. The van der Waals surface area contributed by atoms with Crippen molar-refractivity contribution in [2.45, 2.75) is 39.5 Å². The van der Waals surface area contributed by atoms with Gasteiger partial charge in [0.15, 0.2) is 5.57 Å². The zero-order valence-electron chi connectivity index (χ0n) is 12.7. The van der Waals surface area contributed by atoms with Gasteiger partial charge in [0.25, 0.3) is 0 Å². The normalized spacial score (nSPS) is 18.3. The topological polar surface area (TPSA) is 74.5 Å². The molecule has 1 aromatic rings. The number of rotatable bonds is 2. The second kappa shape index (κ2) is 5.93. The fraction of sp³-hybridized carbons (Fsp3) is 0.438. The molecule has 0 atom stereocenters. The number of hydrogen-bond donors (Lipinski definition) is 1. The predicted molar refractivity (Wildman–Crippen MR) is 86.0 cm³/mol. The Morgan fingerprint density at radius 1 is 1.45 bits per heavy atom.